The Balaban J connectivity index is 2.49. The number of hydrogen-bond donors (Lipinski definition) is 0. The lowest BCUT2D eigenvalue weighted by atomic mass is 9.53. The summed E-state index contributed by atoms with van der Waals surface area (Å²) in [6.07, 6.45) is 4.22. The van der Waals surface area contributed by atoms with Gasteiger partial charge in [0.25, 0.3) is 0 Å². The third kappa shape index (κ3) is 2.77. The Bertz CT molecular complexity index is 776. The van der Waals surface area contributed by atoms with E-state index >= 15 is 0 Å². The lowest BCUT2D eigenvalue weighted by Crippen LogP contribution is -2.52. The molecule has 0 radical (unpaired) electrons. The van der Waals surface area contributed by atoms with Crippen molar-refractivity contribution >= 4 is 35.4 Å². The number of esters is 4. The number of ether oxygens (including phenoxy) is 4. The zero-order valence-electron chi connectivity index (χ0n) is 18.4. The number of carbonyl (C=O) groups excluding carboxylic acids is 6. The van der Waals surface area contributed by atoms with Crippen LogP contribution in [0.2, 0.25) is 0 Å². The lowest BCUT2D eigenvalue weighted by molar-refractivity contribution is -0.170. The van der Waals surface area contributed by atoms with Crippen LogP contribution in [0, 0.1) is 34.5 Å². The van der Waals surface area contributed by atoms with Crippen molar-refractivity contribution in [3.63, 3.8) is 0 Å². The topological polar surface area (TPSA) is 139 Å². The number of ketones is 2. The van der Waals surface area contributed by atoms with Gasteiger partial charge in [0, 0.05) is 10.8 Å². The molecule has 0 unspecified atom stereocenters. The summed E-state index contributed by atoms with van der Waals surface area (Å²) in [4.78, 5) is 79.3. The molecule has 3 aliphatic rings. The molecule has 0 aromatic carbocycles. The van der Waals surface area contributed by atoms with Crippen LogP contribution in [-0.4, -0.2) is 63.9 Å². The maximum Gasteiger partial charge on any atom is 0.316 e. The molecule has 10 nitrogen and oxygen atoms in total. The first kappa shape index (κ1) is 23.6. The minimum atomic E-state index is -1.72. The fraction of sp³-hybridized carbons (Fsp3) is 0.636. The van der Waals surface area contributed by atoms with Crippen molar-refractivity contribution in [2.75, 3.05) is 28.4 Å². The van der Waals surface area contributed by atoms with Crippen LogP contribution < -0.4 is 0 Å². The Morgan fingerprint density at radius 3 is 1.09 bits per heavy atom. The van der Waals surface area contributed by atoms with Crippen LogP contribution in [0.1, 0.15) is 25.7 Å². The molecular weight excluding hydrogens is 424 g/mol. The van der Waals surface area contributed by atoms with Gasteiger partial charge >= 0.3 is 23.9 Å². The molecule has 0 bridgehead atoms. The molecule has 4 atom stereocenters. The van der Waals surface area contributed by atoms with Crippen LogP contribution >= 0.6 is 0 Å². The second kappa shape index (κ2) is 8.48. The Kier molecular flexibility index (Phi) is 6.26. The summed E-state index contributed by atoms with van der Waals surface area (Å²) in [5, 5.41) is 0. The van der Waals surface area contributed by atoms with Gasteiger partial charge < -0.3 is 18.9 Å². The van der Waals surface area contributed by atoms with Gasteiger partial charge in [-0.15, -0.1) is 0 Å². The monoisotopic (exact) mass is 450 g/mol. The van der Waals surface area contributed by atoms with Crippen LogP contribution in [-0.2, 0) is 47.7 Å². The average Bonchev–Trinajstić information content (AvgIpc) is 3.09. The Labute approximate surface area is 184 Å². The van der Waals surface area contributed by atoms with Crippen molar-refractivity contribution in [1.82, 2.24) is 0 Å². The summed E-state index contributed by atoms with van der Waals surface area (Å²) in [5.74, 6) is -12.1. The molecular formula is C22H26O10. The van der Waals surface area contributed by atoms with Crippen LogP contribution in [0.5, 0.6) is 0 Å². The summed E-state index contributed by atoms with van der Waals surface area (Å²) >= 11 is 0. The number of carbonyl (C=O) groups is 6. The standard InChI is InChI=1S/C22H26O10/c1-29-17(25)11-15(23)12(18(26)30-2)22-10-8-6-5-7-9-21(11,22)13(19(27)31-3)16(24)14(22)20(28)32-4/h5-6,11-14H,7-10H2,1-4H3/b6-5-/t11-,12+,13-,14+,21?,22?. The van der Waals surface area contributed by atoms with Gasteiger partial charge in [0.15, 0.2) is 11.6 Å². The molecule has 3 rings (SSSR count). The van der Waals surface area contributed by atoms with Crippen molar-refractivity contribution < 1.29 is 47.7 Å². The van der Waals surface area contributed by atoms with Crippen molar-refractivity contribution in [3.8, 4) is 0 Å². The largest absolute Gasteiger partial charge is 0.468 e. The molecule has 0 aliphatic heterocycles. The predicted octanol–water partition coefficient (Wildman–Crippen LogP) is 0.412. The normalized spacial score (nSPS) is 36.8. The maximum absolute atomic E-state index is 13.7. The highest BCUT2D eigenvalue weighted by Crippen LogP contribution is 2.74. The molecule has 10 heteroatoms. The average molecular weight is 450 g/mol. The molecule has 2 saturated carbocycles. The Morgan fingerprint density at radius 2 is 0.875 bits per heavy atom. The third-order valence-corrected chi connectivity index (χ3v) is 7.43. The number of Topliss-reactive ketones (excluding diaryl/α,β-unsaturated/α-hetero) is 2. The number of allylic oxidation sites excluding steroid dienone is 2. The van der Waals surface area contributed by atoms with Crippen molar-refractivity contribution in [2.45, 2.75) is 25.7 Å². The van der Waals surface area contributed by atoms with E-state index in [1.165, 1.54) is 0 Å². The SMILES string of the molecule is COC(=O)[C@@H]1C(=O)[C@H](C(=O)OC)C23CC/C=C\CCC12[C@H](C(=O)OC)C(=O)[C@@H]3C(=O)OC. The molecule has 174 valence electrons. The fourth-order valence-electron chi connectivity index (χ4n) is 6.46. The fourth-order valence-corrected chi connectivity index (χ4v) is 6.46. The maximum atomic E-state index is 13.7. The predicted molar refractivity (Wildman–Crippen MR) is 105 cm³/mol. The van der Waals surface area contributed by atoms with E-state index in [1.54, 1.807) is 0 Å². The van der Waals surface area contributed by atoms with E-state index in [4.69, 9.17) is 18.9 Å². The van der Waals surface area contributed by atoms with Crippen molar-refractivity contribution in [3.05, 3.63) is 12.2 Å². The molecule has 32 heavy (non-hydrogen) atoms. The van der Waals surface area contributed by atoms with E-state index in [0.29, 0.717) is 12.8 Å². The highest BCUT2D eigenvalue weighted by Gasteiger charge is 2.85. The molecule has 0 N–H and O–H groups in total. The van der Waals surface area contributed by atoms with Gasteiger partial charge in [-0.1, -0.05) is 12.2 Å². The summed E-state index contributed by atoms with van der Waals surface area (Å²) in [6.45, 7) is 0. The van der Waals surface area contributed by atoms with Gasteiger partial charge in [0.1, 0.15) is 23.7 Å². The second-order valence-corrected chi connectivity index (χ2v) is 8.26. The molecule has 0 aromatic heterocycles. The van der Waals surface area contributed by atoms with Gasteiger partial charge in [-0.2, -0.15) is 0 Å². The van der Waals surface area contributed by atoms with Gasteiger partial charge in [-0.05, 0) is 25.7 Å². The molecule has 2 fully saturated rings. The molecule has 0 amide bonds. The number of methoxy groups -OCH3 is 4. The van der Waals surface area contributed by atoms with E-state index in [2.05, 4.69) is 0 Å². The van der Waals surface area contributed by atoms with E-state index < -0.39 is 69.9 Å². The molecule has 0 spiro atoms. The number of hydrogen-bond acceptors (Lipinski definition) is 10. The van der Waals surface area contributed by atoms with E-state index in [-0.39, 0.29) is 12.8 Å². The third-order valence-electron chi connectivity index (χ3n) is 7.43. The zero-order chi connectivity index (χ0) is 23.8. The molecule has 3 aliphatic carbocycles. The van der Waals surface area contributed by atoms with E-state index in [0.717, 1.165) is 28.4 Å². The van der Waals surface area contributed by atoms with Crippen LogP contribution in [0.25, 0.3) is 0 Å². The number of rotatable bonds is 4. The molecule has 0 heterocycles. The van der Waals surface area contributed by atoms with Gasteiger partial charge in [0.05, 0.1) is 28.4 Å². The minimum absolute atomic E-state index is 0.00149. The highest BCUT2D eigenvalue weighted by molar-refractivity contribution is 6.20. The second-order valence-electron chi connectivity index (χ2n) is 8.26. The van der Waals surface area contributed by atoms with Crippen molar-refractivity contribution in [1.29, 1.82) is 0 Å². The first-order chi connectivity index (χ1) is 15.2. The van der Waals surface area contributed by atoms with Crippen LogP contribution in [0.4, 0.5) is 0 Å². The van der Waals surface area contributed by atoms with Crippen molar-refractivity contribution in [2.24, 2.45) is 34.5 Å². The van der Waals surface area contributed by atoms with E-state index in [9.17, 15) is 28.8 Å². The van der Waals surface area contributed by atoms with E-state index in [1.807, 2.05) is 12.2 Å². The Morgan fingerprint density at radius 1 is 0.625 bits per heavy atom. The minimum Gasteiger partial charge on any atom is -0.468 e. The van der Waals surface area contributed by atoms with Gasteiger partial charge in [0.2, 0.25) is 0 Å². The first-order valence-electron chi connectivity index (χ1n) is 10.2. The summed E-state index contributed by atoms with van der Waals surface area (Å²) in [6, 6.07) is 0. The quantitative estimate of drug-likeness (QED) is 0.256. The lowest BCUT2D eigenvalue weighted by Gasteiger charge is -2.47. The smallest absolute Gasteiger partial charge is 0.316 e. The van der Waals surface area contributed by atoms with Gasteiger partial charge in [-0.25, -0.2) is 0 Å². The molecule has 0 saturated heterocycles. The Hall–Kier alpha value is -3.04. The summed E-state index contributed by atoms with van der Waals surface area (Å²) in [5.41, 5.74) is -3.44. The first-order valence-corrected chi connectivity index (χ1v) is 10.2. The summed E-state index contributed by atoms with van der Waals surface area (Å²) in [7, 11) is 4.29. The zero-order valence-corrected chi connectivity index (χ0v) is 18.4. The highest BCUT2D eigenvalue weighted by atomic mass is 16.5. The van der Waals surface area contributed by atoms with Crippen LogP contribution in [0.3, 0.4) is 0 Å². The van der Waals surface area contributed by atoms with Crippen LogP contribution in [0.15, 0.2) is 12.2 Å². The van der Waals surface area contributed by atoms with Gasteiger partial charge in [-0.3, -0.25) is 28.8 Å². The molecule has 0 aromatic rings. The summed E-state index contributed by atoms with van der Waals surface area (Å²) < 4.78 is 19.6.